The van der Waals surface area contributed by atoms with Gasteiger partial charge in [0.05, 0.1) is 11.9 Å². The smallest absolute Gasteiger partial charge is 0.244 e. The van der Waals surface area contributed by atoms with Crippen molar-refractivity contribution in [3.8, 4) is 0 Å². The monoisotopic (exact) mass is 372 g/mol. The van der Waals surface area contributed by atoms with Gasteiger partial charge in [-0.15, -0.1) is 5.10 Å². The maximum absolute atomic E-state index is 12.5. The highest BCUT2D eigenvalue weighted by Crippen LogP contribution is 2.11. The van der Waals surface area contributed by atoms with Gasteiger partial charge in [0.25, 0.3) is 0 Å². The first kappa shape index (κ1) is 19.2. The molecule has 146 valence electrons. The summed E-state index contributed by atoms with van der Waals surface area (Å²) in [7, 11) is 0. The molecule has 27 heavy (non-hydrogen) atoms. The fraction of sp³-hybridized carbons (Fsp3) is 0.611. The van der Waals surface area contributed by atoms with Gasteiger partial charge < -0.3 is 15.1 Å². The van der Waals surface area contributed by atoms with E-state index in [-0.39, 0.29) is 18.0 Å². The first-order valence-corrected chi connectivity index (χ1v) is 9.33. The summed E-state index contributed by atoms with van der Waals surface area (Å²) in [4.78, 5) is 25.0. The summed E-state index contributed by atoms with van der Waals surface area (Å²) in [5.74, 6) is 0.924. The van der Waals surface area contributed by atoms with Gasteiger partial charge in [-0.05, 0) is 20.8 Å². The van der Waals surface area contributed by atoms with Crippen molar-refractivity contribution in [2.24, 2.45) is 0 Å². The van der Waals surface area contributed by atoms with Crippen LogP contribution in [-0.2, 0) is 17.8 Å². The van der Waals surface area contributed by atoms with Crippen LogP contribution in [0.3, 0.4) is 0 Å². The SMILES string of the molecule is CC(C)(C)NCCc1cn(CC(=O)N2CCN(c3cnccn3)CC2)nn1. The Hall–Kier alpha value is -2.55. The lowest BCUT2D eigenvalue weighted by Crippen LogP contribution is -2.49. The average molecular weight is 372 g/mol. The maximum atomic E-state index is 12.5. The zero-order valence-corrected chi connectivity index (χ0v) is 16.3. The molecule has 2 aromatic heterocycles. The van der Waals surface area contributed by atoms with Crippen LogP contribution in [0.2, 0.25) is 0 Å². The molecule has 1 N–H and O–H groups in total. The Kier molecular flexibility index (Phi) is 6.00. The molecule has 0 aliphatic carbocycles. The van der Waals surface area contributed by atoms with Crippen LogP contribution in [0.1, 0.15) is 26.5 Å². The first-order chi connectivity index (χ1) is 12.9. The second-order valence-corrected chi connectivity index (χ2v) is 7.77. The van der Waals surface area contributed by atoms with E-state index in [1.807, 2.05) is 11.1 Å². The fourth-order valence-corrected chi connectivity index (χ4v) is 2.97. The van der Waals surface area contributed by atoms with Crippen molar-refractivity contribution in [1.29, 1.82) is 0 Å². The lowest BCUT2D eigenvalue weighted by Gasteiger charge is -2.35. The van der Waals surface area contributed by atoms with Crippen LogP contribution in [0.5, 0.6) is 0 Å². The van der Waals surface area contributed by atoms with Crippen LogP contribution in [0.15, 0.2) is 24.8 Å². The summed E-state index contributed by atoms with van der Waals surface area (Å²) in [6.07, 6.45) is 7.75. The molecule has 0 spiro atoms. The van der Waals surface area contributed by atoms with E-state index in [1.54, 1.807) is 23.3 Å². The zero-order valence-electron chi connectivity index (χ0n) is 16.3. The number of rotatable bonds is 6. The van der Waals surface area contributed by atoms with Gasteiger partial charge in [-0.2, -0.15) is 0 Å². The van der Waals surface area contributed by atoms with Gasteiger partial charge in [0.15, 0.2) is 0 Å². The Morgan fingerprint density at radius 1 is 1.19 bits per heavy atom. The molecule has 9 nitrogen and oxygen atoms in total. The molecule has 1 aliphatic rings. The number of nitrogens with one attached hydrogen (secondary N) is 1. The Morgan fingerprint density at radius 3 is 2.63 bits per heavy atom. The number of anilines is 1. The highest BCUT2D eigenvalue weighted by atomic mass is 16.2. The van der Waals surface area contributed by atoms with Crippen molar-refractivity contribution in [1.82, 2.24) is 35.2 Å². The van der Waals surface area contributed by atoms with Crippen LogP contribution in [0.25, 0.3) is 0 Å². The molecule has 1 amide bonds. The zero-order chi connectivity index (χ0) is 19.3. The van der Waals surface area contributed by atoms with Crippen LogP contribution < -0.4 is 10.2 Å². The van der Waals surface area contributed by atoms with Crippen molar-refractivity contribution in [3.05, 3.63) is 30.5 Å². The lowest BCUT2D eigenvalue weighted by atomic mass is 10.1. The Bertz CT molecular complexity index is 731. The van der Waals surface area contributed by atoms with Crippen LogP contribution in [0, 0.1) is 0 Å². The number of nitrogens with zero attached hydrogens (tertiary/aromatic N) is 7. The van der Waals surface area contributed by atoms with Crippen molar-refractivity contribution in [3.63, 3.8) is 0 Å². The summed E-state index contributed by atoms with van der Waals surface area (Å²) in [6, 6.07) is 0. The summed E-state index contributed by atoms with van der Waals surface area (Å²) in [6.45, 7) is 10.3. The standard InChI is InChI=1S/C18H28N8O/c1-18(2,3)21-5-4-15-13-26(23-22-15)14-17(27)25-10-8-24(9-11-25)16-12-19-6-7-20-16/h6-7,12-13,21H,4-5,8-11,14H2,1-3H3. The van der Waals surface area contributed by atoms with Crippen molar-refractivity contribution in [2.75, 3.05) is 37.6 Å². The minimum atomic E-state index is 0.0677. The van der Waals surface area contributed by atoms with E-state index in [0.717, 1.165) is 37.6 Å². The minimum absolute atomic E-state index is 0.0677. The normalized spacial score (nSPS) is 15.2. The fourth-order valence-electron chi connectivity index (χ4n) is 2.97. The quantitative estimate of drug-likeness (QED) is 0.782. The van der Waals surface area contributed by atoms with Crippen LogP contribution in [-0.4, -0.2) is 74.0 Å². The Balaban J connectivity index is 1.45. The molecule has 0 saturated carbocycles. The summed E-state index contributed by atoms with van der Waals surface area (Å²) >= 11 is 0. The molecule has 0 atom stereocenters. The average Bonchev–Trinajstić information content (AvgIpc) is 3.09. The molecule has 2 aromatic rings. The molecule has 1 aliphatic heterocycles. The van der Waals surface area contributed by atoms with Gasteiger partial charge in [0.1, 0.15) is 12.4 Å². The number of carbonyl (C=O) groups is 1. The van der Waals surface area contributed by atoms with Crippen molar-refractivity contribution in [2.45, 2.75) is 39.3 Å². The number of hydrogen-bond donors (Lipinski definition) is 1. The third kappa shape index (κ3) is 5.72. The summed E-state index contributed by atoms with van der Waals surface area (Å²) < 4.78 is 1.63. The van der Waals surface area contributed by atoms with Gasteiger partial charge in [0, 0.05) is 63.3 Å². The third-order valence-electron chi connectivity index (χ3n) is 4.43. The molecule has 3 rings (SSSR count). The van der Waals surface area contributed by atoms with Crippen molar-refractivity contribution < 1.29 is 4.79 Å². The molecule has 1 saturated heterocycles. The number of carbonyl (C=O) groups excluding carboxylic acids is 1. The molecule has 0 unspecified atom stereocenters. The number of hydrogen-bond acceptors (Lipinski definition) is 7. The van der Waals surface area contributed by atoms with Gasteiger partial charge in [-0.3, -0.25) is 9.78 Å². The maximum Gasteiger partial charge on any atom is 0.244 e. The molecule has 9 heteroatoms. The van der Waals surface area contributed by atoms with Crippen LogP contribution in [0.4, 0.5) is 5.82 Å². The molecule has 0 bridgehead atoms. The van der Waals surface area contributed by atoms with Gasteiger partial charge in [-0.1, -0.05) is 5.21 Å². The molecule has 0 aromatic carbocycles. The van der Waals surface area contributed by atoms with Crippen LogP contribution >= 0.6 is 0 Å². The summed E-state index contributed by atoms with van der Waals surface area (Å²) in [5, 5.41) is 11.7. The molecule has 1 fully saturated rings. The minimum Gasteiger partial charge on any atom is -0.352 e. The lowest BCUT2D eigenvalue weighted by molar-refractivity contribution is -0.132. The third-order valence-corrected chi connectivity index (χ3v) is 4.43. The largest absolute Gasteiger partial charge is 0.352 e. The van der Waals surface area contributed by atoms with Gasteiger partial charge in [-0.25, -0.2) is 9.67 Å². The van der Waals surface area contributed by atoms with E-state index in [4.69, 9.17) is 0 Å². The second-order valence-electron chi connectivity index (χ2n) is 7.77. The van der Waals surface area contributed by atoms with Gasteiger partial charge in [0.2, 0.25) is 5.91 Å². The highest BCUT2D eigenvalue weighted by Gasteiger charge is 2.22. The van der Waals surface area contributed by atoms with Gasteiger partial charge >= 0.3 is 0 Å². The molecule has 3 heterocycles. The van der Waals surface area contributed by atoms with E-state index in [0.29, 0.717) is 13.1 Å². The topological polar surface area (TPSA) is 92.1 Å². The number of piperazine rings is 1. The first-order valence-electron chi connectivity index (χ1n) is 9.33. The van der Waals surface area contributed by atoms with E-state index in [1.165, 1.54) is 0 Å². The van der Waals surface area contributed by atoms with E-state index < -0.39 is 0 Å². The summed E-state index contributed by atoms with van der Waals surface area (Å²) in [5.41, 5.74) is 0.978. The number of aromatic nitrogens is 5. The Morgan fingerprint density at radius 2 is 1.96 bits per heavy atom. The Labute approximate surface area is 159 Å². The predicted molar refractivity (Wildman–Crippen MR) is 102 cm³/mol. The van der Waals surface area contributed by atoms with Crippen molar-refractivity contribution >= 4 is 11.7 Å². The molecule has 0 radical (unpaired) electrons. The van der Waals surface area contributed by atoms with E-state index >= 15 is 0 Å². The second kappa shape index (κ2) is 8.43. The molecular weight excluding hydrogens is 344 g/mol. The van der Waals surface area contributed by atoms with E-state index in [2.05, 4.69) is 51.3 Å². The predicted octanol–water partition coefficient (Wildman–Crippen LogP) is 0.348. The highest BCUT2D eigenvalue weighted by molar-refractivity contribution is 5.76. The number of amides is 1. The molecular formula is C18H28N8O. The van der Waals surface area contributed by atoms with E-state index in [9.17, 15) is 4.79 Å².